The summed E-state index contributed by atoms with van der Waals surface area (Å²) in [5, 5.41) is 0. The van der Waals surface area contributed by atoms with Gasteiger partial charge in [0.25, 0.3) is 0 Å². The second-order valence-corrected chi connectivity index (χ2v) is 6.59. The SMILES string of the molecule is CCCCP(CCCC)CCCC.[Ni+2]. The topological polar surface area (TPSA) is 0 Å². The number of unbranched alkanes of at least 4 members (excludes halogenated alkanes) is 3. The fourth-order valence-corrected chi connectivity index (χ4v) is 4.44. The largest absolute Gasteiger partial charge is 2.00 e. The van der Waals surface area contributed by atoms with E-state index >= 15 is 0 Å². The summed E-state index contributed by atoms with van der Waals surface area (Å²) in [7, 11) is 0.422. The number of hydrogen-bond acceptors (Lipinski definition) is 0. The standard InChI is InChI=1S/C12H27P.Ni/c1-4-7-10-13(11-8-5-2)12-9-6-3;/h4-12H2,1-3H3;/q;+2. The van der Waals surface area contributed by atoms with Crippen LogP contribution in [0.2, 0.25) is 0 Å². The van der Waals surface area contributed by atoms with E-state index in [-0.39, 0.29) is 16.5 Å². The summed E-state index contributed by atoms with van der Waals surface area (Å²) in [4.78, 5) is 0. The molecular formula is C12H27NiP+2. The third kappa shape index (κ3) is 11.0. The Kier molecular flexibility index (Phi) is 17.2. The Labute approximate surface area is 102 Å². The van der Waals surface area contributed by atoms with E-state index in [1.54, 1.807) is 18.5 Å². The molecule has 0 atom stereocenters. The van der Waals surface area contributed by atoms with Gasteiger partial charge in [-0.05, 0) is 37.7 Å². The number of hydrogen-bond donors (Lipinski definition) is 0. The molecule has 0 aromatic rings. The second-order valence-electron chi connectivity index (χ2n) is 3.90. The second kappa shape index (κ2) is 13.9. The van der Waals surface area contributed by atoms with Crippen molar-refractivity contribution < 1.29 is 16.5 Å². The first-order valence-corrected chi connectivity index (χ1v) is 7.97. The van der Waals surface area contributed by atoms with Gasteiger partial charge in [0.2, 0.25) is 0 Å². The van der Waals surface area contributed by atoms with Crippen LogP contribution in [-0.4, -0.2) is 18.5 Å². The molecule has 2 heteroatoms. The summed E-state index contributed by atoms with van der Waals surface area (Å²) in [5.74, 6) is 0. The summed E-state index contributed by atoms with van der Waals surface area (Å²) in [6.45, 7) is 6.94. The maximum Gasteiger partial charge on any atom is 2.00 e. The zero-order valence-corrected chi connectivity index (χ0v) is 12.0. The van der Waals surface area contributed by atoms with Crippen LogP contribution in [0, 0.1) is 0 Å². The molecule has 0 fully saturated rings. The van der Waals surface area contributed by atoms with Crippen LogP contribution in [0.25, 0.3) is 0 Å². The first-order chi connectivity index (χ1) is 6.35. The van der Waals surface area contributed by atoms with E-state index in [0.717, 1.165) is 0 Å². The van der Waals surface area contributed by atoms with Crippen LogP contribution in [0.3, 0.4) is 0 Å². The van der Waals surface area contributed by atoms with Crippen molar-refractivity contribution in [1.82, 2.24) is 0 Å². The monoisotopic (exact) mass is 260 g/mol. The normalized spacial score (nSPS) is 10.3. The Bertz CT molecular complexity index is 77.3. The Hall–Kier alpha value is 0.924. The molecule has 0 aliphatic rings. The summed E-state index contributed by atoms with van der Waals surface area (Å²) in [6, 6.07) is 0. The molecule has 0 rings (SSSR count). The molecule has 88 valence electrons. The van der Waals surface area contributed by atoms with Crippen LogP contribution < -0.4 is 0 Å². The van der Waals surface area contributed by atoms with Crippen molar-refractivity contribution in [1.29, 1.82) is 0 Å². The van der Waals surface area contributed by atoms with E-state index in [1.807, 2.05) is 0 Å². The molecule has 0 unspecified atom stereocenters. The van der Waals surface area contributed by atoms with Crippen LogP contribution in [0.1, 0.15) is 59.3 Å². The van der Waals surface area contributed by atoms with Gasteiger partial charge in [-0.25, -0.2) is 0 Å². The summed E-state index contributed by atoms with van der Waals surface area (Å²) in [6.07, 6.45) is 13.2. The van der Waals surface area contributed by atoms with Crippen LogP contribution >= 0.6 is 7.92 Å². The molecule has 0 aliphatic heterocycles. The van der Waals surface area contributed by atoms with Gasteiger partial charge in [-0.1, -0.05) is 40.0 Å². The third-order valence-electron chi connectivity index (χ3n) is 2.48. The van der Waals surface area contributed by atoms with Crippen molar-refractivity contribution in [2.24, 2.45) is 0 Å². The van der Waals surface area contributed by atoms with Gasteiger partial charge in [0.15, 0.2) is 0 Å². The summed E-state index contributed by atoms with van der Waals surface area (Å²) in [5.41, 5.74) is 0. The van der Waals surface area contributed by atoms with Crippen molar-refractivity contribution in [2.45, 2.75) is 59.3 Å². The van der Waals surface area contributed by atoms with Gasteiger partial charge in [0.1, 0.15) is 0 Å². The van der Waals surface area contributed by atoms with Crippen molar-refractivity contribution in [3.8, 4) is 0 Å². The zero-order valence-electron chi connectivity index (χ0n) is 10.1. The smallest absolute Gasteiger partial charge is 0.107 e. The van der Waals surface area contributed by atoms with Crippen LogP contribution in [0.15, 0.2) is 0 Å². The quantitative estimate of drug-likeness (QED) is 0.410. The van der Waals surface area contributed by atoms with E-state index < -0.39 is 0 Å². The van der Waals surface area contributed by atoms with E-state index in [2.05, 4.69) is 20.8 Å². The maximum atomic E-state index is 2.31. The zero-order chi connectivity index (χ0) is 9.94. The third-order valence-corrected chi connectivity index (χ3v) is 5.33. The maximum absolute atomic E-state index is 2.31. The molecule has 0 heterocycles. The Morgan fingerprint density at radius 3 is 1.14 bits per heavy atom. The first kappa shape index (κ1) is 17.3. The van der Waals surface area contributed by atoms with Gasteiger partial charge >= 0.3 is 16.5 Å². The fraction of sp³-hybridized carbons (Fsp3) is 1.00. The molecular weight excluding hydrogens is 234 g/mol. The van der Waals surface area contributed by atoms with E-state index in [0.29, 0.717) is 7.92 Å². The molecule has 0 aromatic carbocycles. The molecule has 0 saturated heterocycles. The van der Waals surface area contributed by atoms with Gasteiger partial charge in [-0.15, -0.1) is 7.92 Å². The van der Waals surface area contributed by atoms with Crippen LogP contribution in [0.5, 0.6) is 0 Å². The molecule has 0 N–H and O–H groups in total. The van der Waals surface area contributed by atoms with Crippen LogP contribution in [-0.2, 0) is 16.5 Å². The Balaban J connectivity index is 0. The predicted octanol–water partition coefficient (Wildman–Crippen LogP) is 4.87. The van der Waals surface area contributed by atoms with Gasteiger partial charge < -0.3 is 0 Å². The van der Waals surface area contributed by atoms with Gasteiger partial charge in [-0.3, -0.25) is 0 Å². The minimum absolute atomic E-state index is 0. The van der Waals surface area contributed by atoms with Crippen molar-refractivity contribution in [3.05, 3.63) is 0 Å². The van der Waals surface area contributed by atoms with Crippen molar-refractivity contribution >= 4 is 7.92 Å². The van der Waals surface area contributed by atoms with E-state index in [1.165, 1.54) is 38.5 Å². The van der Waals surface area contributed by atoms with Gasteiger partial charge in [0.05, 0.1) is 0 Å². The Morgan fingerprint density at radius 2 is 0.929 bits per heavy atom. The summed E-state index contributed by atoms with van der Waals surface area (Å²) >= 11 is 0. The van der Waals surface area contributed by atoms with Gasteiger partial charge in [-0.2, -0.15) is 0 Å². The number of rotatable bonds is 9. The molecule has 0 aliphatic carbocycles. The molecule has 0 amide bonds. The molecule has 0 aromatic heterocycles. The van der Waals surface area contributed by atoms with E-state index in [4.69, 9.17) is 0 Å². The molecule has 0 bridgehead atoms. The first-order valence-electron chi connectivity index (χ1n) is 6.07. The Morgan fingerprint density at radius 1 is 0.643 bits per heavy atom. The van der Waals surface area contributed by atoms with Crippen molar-refractivity contribution in [2.75, 3.05) is 18.5 Å². The predicted molar refractivity (Wildman–Crippen MR) is 66.2 cm³/mol. The molecule has 0 radical (unpaired) electrons. The molecule has 14 heavy (non-hydrogen) atoms. The minimum atomic E-state index is 0. The average Bonchev–Trinajstić information content (AvgIpc) is 2.17. The average molecular weight is 261 g/mol. The molecule has 0 saturated carbocycles. The summed E-state index contributed by atoms with van der Waals surface area (Å²) < 4.78 is 0. The van der Waals surface area contributed by atoms with Crippen LogP contribution in [0.4, 0.5) is 0 Å². The van der Waals surface area contributed by atoms with E-state index in [9.17, 15) is 0 Å². The van der Waals surface area contributed by atoms with Crippen molar-refractivity contribution in [3.63, 3.8) is 0 Å². The minimum Gasteiger partial charge on any atom is -0.107 e. The fourth-order valence-electron chi connectivity index (χ4n) is 1.48. The molecule has 0 nitrogen and oxygen atoms in total. The van der Waals surface area contributed by atoms with Gasteiger partial charge in [0, 0.05) is 0 Å². The molecule has 0 spiro atoms.